The average molecular weight is 349 g/mol. The highest BCUT2D eigenvalue weighted by Gasteiger charge is 2.29. The predicted molar refractivity (Wildman–Crippen MR) is 100 cm³/mol. The quantitative estimate of drug-likeness (QED) is 0.698. The lowest BCUT2D eigenvalue weighted by Crippen LogP contribution is -2.46. The first kappa shape index (κ1) is 18.8. The molecule has 1 aliphatic heterocycles. The summed E-state index contributed by atoms with van der Waals surface area (Å²) >= 11 is 1.79. The lowest BCUT2D eigenvalue weighted by Gasteiger charge is -2.32. The summed E-state index contributed by atoms with van der Waals surface area (Å²) in [6.07, 6.45) is 6.16. The monoisotopic (exact) mass is 348 g/mol. The molecule has 5 heteroatoms. The minimum atomic E-state index is -0.0475. The van der Waals surface area contributed by atoms with Gasteiger partial charge < -0.3 is 10.2 Å². The molecule has 0 aromatic heterocycles. The second-order valence-corrected chi connectivity index (χ2v) is 7.29. The fourth-order valence-corrected chi connectivity index (χ4v) is 3.47. The minimum absolute atomic E-state index is 0.0475. The van der Waals surface area contributed by atoms with Gasteiger partial charge in [-0.15, -0.1) is 0 Å². The summed E-state index contributed by atoms with van der Waals surface area (Å²) in [7, 11) is 0. The van der Waals surface area contributed by atoms with Gasteiger partial charge in [-0.2, -0.15) is 11.8 Å². The number of carbonyl (C=O) groups is 2. The van der Waals surface area contributed by atoms with Gasteiger partial charge in [0.25, 0.3) is 0 Å². The lowest BCUT2D eigenvalue weighted by molar-refractivity contribution is -0.138. The smallest absolute Gasteiger partial charge is 0.224 e. The molecule has 1 saturated heterocycles. The summed E-state index contributed by atoms with van der Waals surface area (Å²) in [4.78, 5) is 26.2. The fraction of sp³-hybridized carbons (Fsp3) is 0.579. The van der Waals surface area contributed by atoms with Crippen molar-refractivity contribution in [3.63, 3.8) is 0 Å². The molecule has 1 fully saturated rings. The number of benzene rings is 1. The Morgan fingerprint density at radius 2 is 2.08 bits per heavy atom. The molecule has 1 aromatic rings. The number of likely N-dealkylation sites (tertiary alicyclic amines) is 1. The third-order valence-corrected chi connectivity index (χ3v) is 5.13. The zero-order valence-electron chi connectivity index (χ0n) is 14.5. The third-order valence-electron chi connectivity index (χ3n) is 4.43. The SMILES string of the molecule is CSCCCNC(=O)[C@@H]1CCC(=O)N(CCCc2ccccc2)C1. The van der Waals surface area contributed by atoms with Gasteiger partial charge in [0.2, 0.25) is 11.8 Å². The topological polar surface area (TPSA) is 49.4 Å². The van der Waals surface area contributed by atoms with Crippen molar-refractivity contribution in [2.24, 2.45) is 5.92 Å². The van der Waals surface area contributed by atoms with Crippen molar-refractivity contribution in [3.05, 3.63) is 35.9 Å². The minimum Gasteiger partial charge on any atom is -0.356 e. The summed E-state index contributed by atoms with van der Waals surface area (Å²) in [5.41, 5.74) is 1.30. The standard InChI is InChI=1S/C19H28N2O2S/c1-24-14-6-12-20-19(23)17-10-11-18(22)21(15-17)13-5-9-16-7-3-2-4-8-16/h2-4,7-8,17H,5-6,9-15H2,1H3,(H,20,23)/t17-/m1/s1. The van der Waals surface area contributed by atoms with Gasteiger partial charge >= 0.3 is 0 Å². The van der Waals surface area contributed by atoms with Crippen LogP contribution in [-0.2, 0) is 16.0 Å². The normalized spacial score (nSPS) is 17.8. The maximum absolute atomic E-state index is 12.3. The number of hydrogen-bond donors (Lipinski definition) is 1. The number of carbonyl (C=O) groups excluding carboxylic acids is 2. The van der Waals surface area contributed by atoms with E-state index in [0.29, 0.717) is 19.4 Å². The number of nitrogens with zero attached hydrogens (tertiary/aromatic N) is 1. The van der Waals surface area contributed by atoms with E-state index in [9.17, 15) is 9.59 Å². The Balaban J connectivity index is 1.73. The van der Waals surface area contributed by atoms with Crippen LogP contribution in [0.1, 0.15) is 31.2 Å². The molecule has 0 radical (unpaired) electrons. The Kier molecular flexibility index (Phi) is 8.16. The van der Waals surface area contributed by atoms with Crippen molar-refractivity contribution < 1.29 is 9.59 Å². The van der Waals surface area contributed by atoms with Crippen LogP contribution in [0.5, 0.6) is 0 Å². The molecule has 1 N–H and O–H groups in total. The van der Waals surface area contributed by atoms with E-state index in [1.165, 1.54) is 5.56 Å². The average Bonchev–Trinajstić information content (AvgIpc) is 2.61. The second-order valence-electron chi connectivity index (χ2n) is 6.30. The largest absolute Gasteiger partial charge is 0.356 e. The van der Waals surface area contributed by atoms with E-state index in [4.69, 9.17) is 0 Å². The molecule has 24 heavy (non-hydrogen) atoms. The van der Waals surface area contributed by atoms with Gasteiger partial charge in [-0.25, -0.2) is 0 Å². The summed E-state index contributed by atoms with van der Waals surface area (Å²) in [5, 5.41) is 3.01. The molecular formula is C19H28N2O2S. The highest BCUT2D eigenvalue weighted by Crippen LogP contribution is 2.18. The number of thioether (sulfide) groups is 1. The van der Waals surface area contributed by atoms with Crippen molar-refractivity contribution in [2.75, 3.05) is 31.6 Å². The molecule has 1 aromatic carbocycles. The highest BCUT2D eigenvalue weighted by molar-refractivity contribution is 7.98. The van der Waals surface area contributed by atoms with Gasteiger partial charge in [-0.1, -0.05) is 30.3 Å². The van der Waals surface area contributed by atoms with E-state index in [-0.39, 0.29) is 17.7 Å². The molecule has 0 spiro atoms. The van der Waals surface area contributed by atoms with Crippen LogP contribution in [0.3, 0.4) is 0 Å². The Bertz CT molecular complexity index is 521. The summed E-state index contributed by atoms with van der Waals surface area (Å²) < 4.78 is 0. The van der Waals surface area contributed by atoms with Crippen LogP contribution < -0.4 is 5.32 Å². The Labute approximate surface area is 149 Å². The van der Waals surface area contributed by atoms with Crippen LogP contribution in [0, 0.1) is 5.92 Å². The van der Waals surface area contributed by atoms with Gasteiger partial charge in [0.05, 0.1) is 5.92 Å². The second kappa shape index (κ2) is 10.4. The molecule has 2 rings (SSSR count). The molecule has 1 aliphatic rings. The first-order valence-corrected chi connectivity index (χ1v) is 10.2. The van der Waals surface area contributed by atoms with Gasteiger partial charge in [-0.05, 0) is 43.3 Å². The lowest BCUT2D eigenvalue weighted by atomic mass is 9.96. The number of rotatable bonds is 9. The Morgan fingerprint density at radius 3 is 2.83 bits per heavy atom. The van der Waals surface area contributed by atoms with E-state index >= 15 is 0 Å². The van der Waals surface area contributed by atoms with Crippen molar-refractivity contribution in [2.45, 2.75) is 32.1 Å². The highest BCUT2D eigenvalue weighted by atomic mass is 32.2. The van der Waals surface area contributed by atoms with Crippen molar-refractivity contribution in [1.29, 1.82) is 0 Å². The summed E-state index contributed by atoms with van der Waals surface area (Å²) in [6, 6.07) is 10.3. The number of hydrogen-bond acceptors (Lipinski definition) is 3. The molecule has 0 unspecified atom stereocenters. The number of aryl methyl sites for hydroxylation is 1. The van der Waals surface area contributed by atoms with Crippen LogP contribution >= 0.6 is 11.8 Å². The van der Waals surface area contributed by atoms with Crippen LogP contribution in [0.4, 0.5) is 0 Å². The number of piperidine rings is 1. The zero-order chi connectivity index (χ0) is 17.2. The first-order valence-electron chi connectivity index (χ1n) is 8.79. The molecule has 0 aliphatic carbocycles. The van der Waals surface area contributed by atoms with Crippen molar-refractivity contribution in [1.82, 2.24) is 10.2 Å². The Morgan fingerprint density at radius 1 is 1.29 bits per heavy atom. The molecule has 1 heterocycles. The van der Waals surface area contributed by atoms with E-state index in [2.05, 4.69) is 23.7 Å². The van der Waals surface area contributed by atoms with Crippen LogP contribution in [0.15, 0.2) is 30.3 Å². The fourth-order valence-electron chi connectivity index (χ4n) is 3.04. The number of nitrogens with one attached hydrogen (secondary N) is 1. The van der Waals surface area contributed by atoms with Gasteiger partial charge in [0.1, 0.15) is 0 Å². The third kappa shape index (κ3) is 6.19. The van der Waals surface area contributed by atoms with Crippen molar-refractivity contribution in [3.8, 4) is 0 Å². The molecule has 1 atom stereocenters. The van der Waals surface area contributed by atoms with E-state index in [1.54, 1.807) is 11.8 Å². The molecule has 0 bridgehead atoms. The molecule has 0 saturated carbocycles. The Hall–Kier alpha value is -1.49. The van der Waals surface area contributed by atoms with Gasteiger partial charge in [0.15, 0.2) is 0 Å². The maximum Gasteiger partial charge on any atom is 0.224 e. The maximum atomic E-state index is 12.3. The van der Waals surface area contributed by atoms with Crippen LogP contribution in [0.2, 0.25) is 0 Å². The van der Waals surface area contributed by atoms with Crippen molar-refractivity contribution >= 4 is 23.6 Å². The number of amides is 2. The molecule has 4 nitrogen and oxygen atoms in total. The van der Waals surface area contributed by atoms with E-state index in [1.807, 2.05) is 23.1 Å². The van der Waals surface area contributed by atoms with E-state index in [0.717, 1.165) is 38.1 Å². The van der Waals surface area contributed by atoms with Gasteiger partial charge in [0, 0.05) is 26.1 Å². The molecule has 2 amide bonds. The van der Waals surface area contributed by atoms with E-state index < -0.39 is 0 Å². The van der Waals surface area contributed by atoms with Gasteiger partial charge in [-0.3, -0.25) is 9.59 Å². The van der Waals surface area contributed by atoms with Crippen LogP contribution in [0.25, 0.3) is 0 Å². The summed E-state index contributed by atoms with van der Waals surface area (Å²) in [6.45, 7) is 2.05. The zero-order valence-corrected chi connectivity index (χ0v) is 15.3. The predicted octanol–water partition coefficient (Wildman–Crippen LogP) is 2.73. The van der Waals surface area contributed by atoms with Crippen LogP contribution in [-0.4, -0.2) is 48.4 Å². The molecular weight excluding hydrogens is 320 g/mol. The first-order chi connectivity index (χ1) is 11.7. The molecule has 132 valence electrons. The summed E-state index contributed by atoms with van der Waals surface area (Å²) in [5.74, 6) is 1.31.